The number of alkyl halides is 3. The van der Waals surface area contributed by atoms with Gasteiger partial charge in [-0.15, -0.1) is 0 Å². The van der Waals surface area contributed by atoms with Crippen LogP contribution in [0.1, 0.15) is 36.8 Å². The number of phenolic OH excluding ortho intramolecular Hbond substituents is 1. The number of thioether (sulfide) groups is 1. The van der Waals surface area contributed by atoms with Gasteiger partial charge in [0.1, 0.15) is 10.1 Å². The summed E-state index contributed by atoms with van der Waals surface area (Å²) in [5.74, 6) is -2.93. The second-order valence-corrected chi connectivity index (χ2v) is 9.53. The first-order chi connectivity index (χ1) is 16.9. The Hall–Kier alpha value is -3.12. The molecule has 1 amide bonds. The maximum absolute atomic E-state index is 14.5. The Labute approximate surface area is 213 Å². The quantitative estimate of drug-likeness (QED) is 0.172. The topological polar surface area (TPSA) is 87.1 Å². The van der Waals surface area contributed by atoms with E-state index in [0.29, 0.717) is 48.3 Å². The van der Waals surface area contributed by atoms with Crippen molar-refractivity contribution in [3.05, 3.63) is 52.2 Å². The Kier molecular flexibility index (Phi) is 8.62. The number of carbonyl (C=O) groups excluding carboxylic acids is 1. The van der Waals surface area contributed by atoms with Crippen molar-refractivity contribution in [1.82, 2.24) is 4.90 Å². The van der Waals surface area contributed by atoms with Gasteiger partial charge in [0.15, 0.2) is 11.5 Å². The fourth-order valence-corrected chi connectivity index (χ4v) is 4.86. The Morgan fingerprint density at radius 3 is 2.53 bits per heavy atom. The van der Waals surface area contributed by atoms with E-state index in [4.69, 9.17) is 22.1 Å². The maximum Gasteiger partial charge on any atom is 0.416 e. The predicted molar refractivity (Wildman–Crippen MR) is 131 cm³/mol. The van der Waals surface area contributed by atoms with Crippen LogP contribution in [0.2, 0.25) is 0 Å². The number of carbonyl (C=O) groups is 2. The van der Waals surface area contributed by atoms with E-state index < -0.39 is 34.8 Å². The highest BCUT2D eigenvalue weighted by Gasteiger charge is 2.33. The molecule has 1 fully saturated rings. The molecule has 12 heteroatoms. The molecular weight excluding hydrogens is 522 g/mol. The number of phenols is 1. The number of ether oxygens (including phenoxy) is 1. The monoisotopic (exact) mass is 543 g/mol. The summed E-state index contributed by atoms with van der Waals surface area (Å²) in [5.41, 5.74) is -1.53. The Balaban J connectivity index is 1.91. The first-order valence-electron chi connectivity index (χ1n) is 10.7. The lowest BCUT2D eigenvalue weighted by Gasteiger charge is -2.14. The zero-order valence-electron chi connectivity index (χ0n) is 18.9. The van der Waals surface area contributed by atoms with Crippen molar-refractivity contribution in [1.29, 1.82) is 0 Å². The van der Waals surface area contributed by atoms with Gasteiger partial charge in [-0.2, -0.15) is 13.2 Å². The molecular formula is C24H21F4NO5S2. The average Bonchev–Trinajstić information content (AvgIpc) is 3.06. The summed E-state index contributed by atoms with van der Waals surface area (Å²) >= 11 is 6.30. The highest BCUT2D eigenvalue weighted by Crippen LogP contribution is 2.42. The van der Waals surface area contributed by atoms with E-state index in [1.54, 1.807) is 0 Å². The first kappa shape index (κ1) is 27.5. The average molecular weight is 544 g/mol. The smallest absolute Gasteiger partial charge is 0.416 e. The van der Waals surface area contributed by atoms with Crippen molar-refractivity contribution in [2.24, 2.45) is 0 Å². The number of hydrogen-bond acceptors (Lipinski definition) is 6. The van der Waals surface area contributed by atoms with Crippen LogP contribution >= 0.6 is 24.0 Å². The molecule has 36 heavy (non-hydrogen) atoms. The number of rotatable bonds is 9. The van der Waals surface area contributed by atoms with Crippen molar-refractivity contribution in [3.63, 3.8) is 0 Å². The number of hydrogen-bond donors (Lipinski definition) is 2. The van der Waals surface area contributed by atoms with Crippen LogP contribution in [-0.4, -0.2) is 45.0 Å². The predicted octanol–water partition coefficient (Wildman–Crippen LogP) is 6.07. The molecule has 2 N–H and O–H groups in total. The molecule has 0 atom stereocenters. The van der Waals surface area contributed by atoms with Crippen LogP contribution < -0.4 is 4.74 Å². The van der Waals surface area contributed by atoms with Crippen LogP contribution in [0, 0.1) is 5.82 Å². The number of halogens is 4. The van der Waals surface area contributed by atoms with Gasteiger partial charge in [0, 0.05) is 24.1 Å². The van der Waals surface area contributed by atoms with E-state index in [9.17, 15) is 32.3 Å². The first-order valence-corrected chi connectivity index (χ1v) is 11.9. The molecule has 0 aromatic heterocycles. The van der Waals surface area contributed by atoms with Crippen LogP contribution in [0.5, 0.6) is 11.5 Å². The molecule has 1 aliphatic rings. The van der Waals surface area contributed by atoms with E-state index >= 15 is 0 Å². The van der Waals surface area contributed by atoms with Crippen LogP contribution in [0.3, 0.4) is 0 Å². The number of thiocarbonyl (C=S) groups is 1. The second-order valence-electron chi connectivity index (χ2n) is 7.85. The molecule has 6 nitrogen and oxygen atoms in total. The normalized spacial score (nSPS) is 15.1. The van der Waals surface area contributed by atoms with Gasteiger partial charge >= 0.3 is 12.1 Å². The van der Waals surface area contributed by atoms with E-state index in [1.165, 1.54) is 30.2 Å². The molecule has 1 saturated heterocycles. The third kappa shape index (κ3) is 6.35. The summed E-state index contributed by atoms with van der Waals surface area (Å²) < 4.78 is 59.5. The van der Waals surface area contributed by atoms with Crippen LogP contribution in [0.15, 0.2) is 35.2 Å². The Morgan fingerprint density at radius 2 is 1.89 bits per heavy atom. The van der Waals surface area contributed by atoms with Crippen LogP contribution in [0.25, 0.3) is 17.2 Å². The van der Waals surface area contributed by atoms with Crippen molar-refractivity contribution in [2.45, 2.75) is 31.9 Å². The highest BCUT2D eigenvalue weighted by atomic mass is 32.2. The molecule has 0 radical (unpaired) electrons. The molecule has 0 bridgehead atoms. The number of amides is 1. The number of methoxy groups -OCH3 is 1. The second kappa shape index (κ2) is 11.3. The highest BCUT2D eigenvalue weighted by molar-refractivity contribution is 8.26. The van der Waals surface area contributed by atoms with Gasteiger partial charge in [0.2, 0.25) is 0 Å². The maximum atomic E-state index is 14.5. The van der Waals surface area contributed by atoms with Gasteiger partial charge in [0.25, 0.3) is 5.91 Å². The number of nitrogens with zero attached hydrogens (tertiary/aromatic N) is 1. The van der Waals surface area contributed by atoms with Crippen LogP contribution in [0.4, 0.5) is 17.6 Å². The molecule has 0 aliphatic carbocycles. The minimum absolute atomic E-state index is 0.0375. The van der Waals surface area contributed by atoms with Crippen molar-refractivity contribution in [2.75, 3.05) is 13.7 Å². The number of aliphatic carboxylic acids is 1. The van der Waals surface area contributed by atoms with Gasteiger partial charge in [-0.3, -0.25) is 14.5 Å². The molecule has 0 spiro atoms. The number of benzene rings is 2. The Bertz CT molecular complexity index is 1230. The van der Waals surface area contributed by atoms with Crippen molar-refractivity contribution in [3.8, 4) is 22.6 Å². The standard InChI is InChI=1S/C24H21F4NO5S2/c1-34-18-10-13(9-16(21(18)32)15-12-14(24(26,27)28)6-7-17(15)25)11-19-22(33)29(23(35)36-19)8-4-2-3-5-20(30)31/h6-7,9-12,32H,2-5,8H2,1H3,(H,30,31). The fraction of sp³-hybridized carbons (Fsp3) is 0.292. The third-order valence-corrected chi connectivity index (χ3v) is 6.72. The van der Waals surface area contributed by atoms with Gasteiger partial charge in [0.05, 0.1) is 17.6 Å². The van der Waals surface area contributed by atoms with E-state index in [2.05, 4.69) is 0 Å². The largest absolute Gasteiger partial charge is 0.504 e. The van der Waals surface area contributed by atoms with E-state index in [0.717, 1.165) is 11.8 Å². The lowest BCUT2D eigenvalue weighted by atomic mass is 9.98. The van der Waals surface area contributed by atoms with E-state index in [-0.39, 0.29) is 34.1 Å². The van der Waals surface area contributed by atoms with Crippen LogP contribution in [-0.2, 0) is 15.8 Å². The zero-order chi connectivity index (χ0) is 26.6. The fourth-order valence-electron chi connectivity index (χ4n) is 3.55. The summed E-state index contributed by atoms with van der Waals surface area (Å²) in [5, 5.41) is 19.2. The Morgan fingerprint density at radius 1 is 1.17 bits per heavy atom. The lowest BCUT2D eigenvalue weighted by molar-refractivity contribution is -0.138. The number of aromatic hydroxyl groups is 1. The summed E-state index contributed by atoms with van der Waals surface area (Å²) in [6.07, 6.45) is -1.62. The van der Waals surface area contributed by atoms with E-state index in [1.807, 2.05) is 0 Å². The lowest BCUT2D eigenvalue weighted by Crippen LogP contribution is -2.29. The zero-order valence-corrected chi connectivity index (χ0v) is 20.5. The molecule has 1 aliphatic heterocycles. The third-order valence-electron chi connectivity index (χ3n) is 5.34. The molecule has 192 valence electrons. The summed E-state index contributed by atoms with van der Waals surface area (Å²) in [4.78, 5) is 25.1. The van der Waals surface area contributed by atoms with Crippen molar-refractivity contribution >= 4 is 46.3 Å². The molecule has 2 aromatic rings. The van der Waals surface area contributed by atoms with Crippen molar-refractivity contribution < 1.29 is 42.1 Å². The van der Waals surface area contributed by atoms with Gasteiger partial charge in [-0.05, 0) is 54.8 Å². The number of unbranched alkanes of at least 4 members (excludes halogenated alkanes) is 2. The molecule has 1 heterocycles. The number of carboxylic acids is 1. The SMILES string of the molecule is COc1cc(C=C2SC(=S)N(CCCCCC(=O)O)C2=O)cc(-c2cc(C(F)(F)F)ccc2F)c1O. The summed E-state index contributed by atoms with van der Waals surface area (Å²) in [6.45, 7) is 0.307. The minimum atomic E-state index is -4.72. The van der Waals surface area contributed by atoms with Gasteiger partial charge in [-0.1, -0.05) is 30.4 Å². The minimum Gasteiger partial charge on any atom is -0.504 e. The molecule has 3 rings (SSSR count). The summed E-state index contributed by atoms with van der Waals surface area (Å²) in [6, 6.07) is 4.48. The molecule has 0 unspecified atom stereocenters. The van der Waals surface area contributed by atoms with Gasteiger partial charge in [-0.25, -0.2) is 4.39 Å². The van der Waals surface area contributed by atoms with Gasteiger partial charge < -0.3 is 14.9 Å². The summed E-state index contributed by atoms with van der Waals surface area (Å²) in [7, 11) is 1.23. The number of carboxylic acid groups (broad SMARTS) is 1. The molecule has 2 aromatic carbocycles. The molecule has 0 saturated carbocycles.